The molecule has 4 atom stereocenters. The number of nitrogens with zero attached hydrogens (tertiary/aromatic N) is 1. The Kier molecular flexibility index (Phi) is 12.3. The molecule has 0 radical (unpaired) electrons. The molecule has 7 nitrogen and oxygen atoms in total. The van der Waals surface area contributed by atoms with Gasteiger partial charge in [-0.15, -0.1) is 0 Å². The second kappa shape index (κ2) is 15.7. The SMILES string of the molecule is C=C1C[C@H](C/C=C/C=O)O[C@H](/C=C(\C)C[C@@H]2OC(C)(C)N(C(=O)OC(C)(C)C)[C@H]2CO[Si](c2ccccc2)(c2ccccc2)C(C)(C)C)C1. The smallest absolute Gasteiger partial charge is 0.412 e. The van der Waals surface area contributed by atoms with Gasteiger partial charge in [0.25, 0.3) is 8.32 Å². The Bertz CT molecular complexity index is 1450. The summed E-state index contributed by atoms with van der Waals surface area (Å²) in [6.07, 6.45) is 8.15. The van der Waals surface area contributed by atoms with Gasteiger partial charge in [0, 0.05) is 0 Å². The van der Waals surface area contributed by atoms with Crippen LogP contribution in [0.5, 0.6) is 0 Å². The molecule has 266 valence electrons. The predicted octanol–water partition coefficient (Wildman–Crippen LogP) is 7.89. The zero-order valence-corrected chi connectivity index (χ0v) is 32.0. The summed E-state index contributed by atoms with van der Waals surface area (Å²) in [7, 11) is -2.91. The van der Waals surface area contributed by atoms with Crippen molar-refractivity contribution in [1.82, 2.24) is 4.90 Å². The van der Waals surface area contributed by atoms with Crippen molar-refractivity contribution in [3.63, 3.8) is 0 Å². The molecule has 2 aliphatic rings. The number of benzene rings is 2. The van der Waals surface area contributed by atoms with Crippen molar-refractivity contribution in [1.29, 1.82) is 0 Å². The van der Waals surface area contributed by atoms with Gasteiger partial charge in [0.15, 0.2) is 0 Å². The number of carbonyl (C=O) groups excluding carboxylic acids is 2. The van der Waals surface area contributed by atoms with Gasteiger partial charge in [-0.2, -0.15) is 0 Å². The first kappa shape index (κ1) is 38.5. The maximum absolute atomic E-state index is 14.0. The molecule has 0 aliphatic carbocycles. The molecule has 0 spiro atoms. The summed E-state index contributed by atoms with van der Waals surface area (Å²) in [4.78, 5) is 26.5. The normalized spacial score (nSPS) is 23.6. The largest absolute Gasteiger partial charge is 0.444 e. The minimum atomic E-state index is -2.91. The van der Waals surface area contributed by atoms with Gasteiger partial charge < -0.3 is 18.6 Å². The van der Waals surface area contributed by atoms with E-state index in [-0.39, 0.29) is 30.0 Å². The first-order chi connectivity index (χ1) is 23.0. The van der Waals surface area contributed by atoms with Crippen LogP contribution in [0.4, 0.5) is 4.79 Å². The van der Waals surface area contributed by atoms with Crippen LogP contribution >= 0.6 is 0 Å². The third-order valence-electron chi connectivity index (χ3n) is 9.24. The molecule has 4 rings (SSSR count). The van der Waals surface area contributed by atoms with Crippen molar-refractivity contribution in [2.45, 2.75) is 129 Å². The number of hydrogen-bond donors (Lipinski definition) is 0. The van der Waals surface area contributed by atoms with Gasteiger partial charge in [0.2, 0.25) is 0 Å². The van der Waals surface area contributed by atoms with Crippen LogP contribution in [0.3, 0.4) is 0 Å². The van der Waals surface area contributed by atoms with Gasteiger partial charge in [0.05, 0.1) is 31.0 Å². The van der Waals surface area contributed by atoms with Crippen LogP contribution in [-0.4, -0.2) is 67.9 Å². The zero-order chi connectivity index (χ0) is 36.0. The van der Waals surface area contributed by atoms with Crippen LogP contribution in [0, 0.1) is 0 Å². The van der Waals surface area contributed by atoms with E-state index in [9.17, 15) is 9.59 Å². The molecule has 0 aromatic heterocycles. The first-order valence-electron chi connectivity index (χ1n) is 17.5. The summed E-state index contributed by atoms with van der Waals surface area (Å²) in [6, 6.07) is 20.7. The summed E-state index contributed by atoms with van der Waals surface area (Å²) in [5, 5.41) is 2.12. The molecule has 2 aliphatic heterocycles. The Morgan fingerprint density at radius 2 is 1.59 bits per heavy atom. The van der Waals surface area contributed by atoms with Crippen LogP contribution in [0.15, 0.2) is 96.6 Å². The number of carbonyl (C=O) groups is 2. The van der Waals surface area contributed by atoms with Crippen molar-refractivity contribution in [3.8, 4) is 0 Å². The Morgan fingerprint density at radius 1 is 1.00 bits per heavy atom. The highest BCUT2D eigenvalue weighted by atomic mass is 28.4. The summed E-state index contributed by atoms with van der Waals surface area (Å²) in [6.45, 7) is 22.9. The number of rotatable bonds is 11. The highest BCUT2D eigenvalue weighted by molar-refractivity contribution is 6.99. The van der Waals surface area contributed by atoms with E-state index < -0.39 is 31.8 Å². The molecule has 2 fully saturated rings. The van der Waals surface area contributed by atoms with Crippen molar-refractivity contribution in [3.05, 3.63) is 96.6 Å². The fraction of sp³-hybridized carbons (Fsp3) is 0.512. The minimum absolute atomic E-state index is 0.0246. The molecule has 2 aromatic carbocycles. The molecule has 2 heterocycles. The van der Waals surface area contributed by atoms with Gasteiger partial charge >= 0.3 is 6.09 Å². The molecule has 0 bridgehead atoms. The van der Waals surface area contributed by atoms with E-state index in [4.69, 9.17) is 18.6 Å². The lowest BCUT2D eigenvalue weighted by Gasteiger charge is -2.44. The highest BCUT2D eigenvalue weighted by Gasteiger charge is 2.55. The molecule has 2 aromatic rings. The Balaban J connectivity index is 1.70. The van der Waals surface area contributed by atoms with Gasteiger partial charge in [-0.05, 0) is 88.7 Å². The van der Waals surface area contributed by atoms with E-state index in [0.29, 0.717) is 12.8 Å². The maximum Gasteiger partial charge on any atom is 0.412 e. The monoisotopic (exact) mass is 687 g/mol. The number of hydrogen-bond acceptors (Lipinski definition) is 6. The summed E-state index contributed by atoms with van der Waals surface area (Å²) >= 11 is 0. The third-order valence-corrected chi connectivity index (χ3v) is 14.2. The third kappa shape index (κ3) is 9.48. The number of amides is 1. The lowest BCUT2D eigenvalue weighted by Crippen LogP contribution is -2.67. The molecule has 0 N–H and O–H groups in total. The van der Waals surface area contributed by atoms with Gasteiger partial charge in [-0.1, -0.05) is 111 Å². The second-order valence-electron chi connectivity index (χ2n) is 16.0. The van der Waals surface area contributed by atoms with Crippen molar-refractivity contribution < 1.29 is 28.2 Å². The molecule has 2 saturated heterocycles. The van der Waals surface area contributed by atoms with Crippen LogP contribution in [-0.2, 0) is 23.4 Å². The second-order valence-corrected chi connectivity index (χ2v) is 20.3. The molecular formula is C41H57NO6Si. The highest BCUT2D eigenvalue weighted by Crippen LogP contribution is 2.41. The van der Waals surface area contributed by atoms with E-state index in [2.05, 4.69) is 88.9 Å². The Morgan fingerprint density at radius 3 is 2.12 bits per heavy atom. The zero-order valence-electron chi connectivity index (χ0n) is 31.0. The predicted molar refractivity (Wildman–Crippen MR) is 200 cm³/mol. The number of ether oxygens (including phenoxy) is 3. The molecule has 0 unspecified atom stereocenters. The van der Waals surface area contributed by atoms with E-state index in [0.717, 1.165) is 30.3 Å². The van der Waals surface area contributed by atoms with Gasteiger partial charge in [0.1, 0.15) is 17.6 Å². The van der Waals surface area contributed by atoms with Crippen molar-refractivity contribution in [2.24, 2.45) is 0 Å². The topological polar surface area (TPSA) is 74.3 Å². The van der Waals surface area contributed by atoms with Crippen molar-refractivity contribution in [2.75, 3.05) is 6.61 Å². The summed E-state index contributed by atoms with van der Waals surface area (Å²) in [5.41, 5.74) is 0.626. The first-order valence-corrected chi connectivity index (χ1v) is 19.4. The Labute approximate surface area is 295 Å². The van der Waals surface area contributed by atoms with E-state index in [1.807, 2.05) is 52.8 Å². The lowest BCUT2D eigenvalue weighted by molar-refractivity contribution is -0.104. The number of allylic oxidation sites excluding steroid dienone is 1. The number of aldehydes is 1. The van der Waals surface area contributed by atoms with Crippen LogP contribution in [0.25, 0.3) is 0 Å². The van der Waals surface area contributed by atoms with Crippen LogP contribution in [0.2, 0.25) is 5.04 Å². The quantitative estimate of drug-likeness (QED) is 0.104. The fourth-order valence-corrected chi connectivity index (χ4v) is 11.9. The average Bonchev–Trinajstić information content (AvgIpc) is 3.25. The van der Waals surface area contributed by atoms with E-state index in [1.54, 1.807) is 4.90 Å². The van der Waals surface area contributed by atoms with Crippen LogP contribution < -0.4 is 10.4 Å². The van der Waals surface area contributed by atoms with Gasteiger partial charge in [-0.25, -0.2) is 4.79 Å². The molecule has 49 heavy (non-hydrogen) atoms. The van der Waals surface area contributed by atoms with Crippen molar-refractivity contribution >= 4 is 31.1 Å². The summed E-state index contributed by atoms with van der Waals surface area (Å²) in [5.74, 6) is 0. The lowest BCUT2D eigenvalue weighted by atomic mass is 9.95. The van der Waals surface area contributed by atoms with Crippen LogP contribution in [0.1, 0.15) is 88.0 Å². The van der Waals surface area contributed by atoms with Gasteiger partial charge in [-0.3, -0.25) is 9.69 Å². The minimum Gasteiger partial charge on any atom is -0.444 e. The molecule has 1 amide bonds. The van der Waals surface area contributed by atoms with E-state index in [1.165, 1.54) is 16.4 Å². The van der Waals surface area contributed by atoms with E-state index >= 15 is 0 Å². The summed E-state index contributed by atoms with van der Waals surface area (Å²) < 4.78 is 26.6. The standard InChI is InChI=1S/C41H57NO6Si/c1-30-25-32(19-17-18-24-43)46-33(26-30)27-31(2)28-37-36(42(41(9,10)47-37)38(44)48-39(3,4)5)29-45-49(40(6,7)8,34-20-13-11-14-21-34)35-22-15-12-16-23-35/h11-18,20-24,27,32-33,36-37H,1,19,25-26,28-29H2,2-10H3/b18-17+,31-27+/t32-,33-,36-,37-/m0/s1. The maximum atomic E-state index is 14.0. The molecule has 0 saturated carbocycles. The molecule has 8 heteroatoms. The Hall–Kier alpha value is -3.30. The molecular weight excluding hydrogens is 631 g/mol. The fourth-order valence-electron chi connectivity index (χ4n) is 7.33. The average molecular weight is 688 g/mol.